The topological polar surface area (TPSA) is 79.1 Å². The summed E-state index contributed by atoms with van der Waals surface area (Å²) in [5, 5.41) is 12.0. The minimum atomic E-state index is -0.373. The summed E-state index contributed by atoms with van der Waals surface area (Å²) in [7, 11) is 4.78. The molecular weight excluding hydrogens is 422 g/mol. The van der Waals surface area contributed by atoms with Crippen LogP contribution in [0.4, 0.5) is 5.69 Å². The van der Waals surface area contributed by atoms with Crippen molar-refractivity contribution in [2.45, 2.75) is 6.54 Å². The molecule has 0 bridgehead atoms. The number of nitro benzene ring substituents is 1. The molecule has 2 heterocycles. The molecule has 0 fully saturated rings. The molecule has 0 spiro atoms. The fourth-order valence-electron chi connectivity index (χ4n) is 4.40. The van der Waals surface area contributed by atoms with Gasteiger partial charge >= 0.3 is 0 Å². The van der Waals surface area contributed by atoms with Crippen LogP contribution in [0, 0.1) is 10.1 Å². The lowest BCUT2D eigenvalue weighted by atomic mass is 10.1. The Morgan fingerprint density at radius 2 is 1.61 bits per heavy atom. The van der Waals surface area contributed by atoms with Gasteiger partial charge in [0.05, 0.1) is 26.3 Å². The van der Waals surface area contributed by atoms with Crippen LogP contribution in [0.15, 0.2) is 66.7 Å². The Hall–Kier alpha value is -4.33. The molecule has 0 saturated heterocycles. The van der Waals surface area contributed by atoms with Crippen LogP contribution < -0.4 is 18.8 Å². The molecular formula is C25H22N3O5+. The van der Waals surface area contributed by atoms with E-state index in [-0.39, 0.29) is 10.6 Å². The number of nitro groups is 1. The zero-order valence-corrected chi connectivity index (χ0v) is 18.4. The minimum Gasteiger partial charge on any atom is -0.493 e. The summed E-state index contributed by atoms with van der Waals surface area (Å²) >= 11 is 0. The van der Waals surface area contributed by atoms with E-state index in [1.54, 1.807) is 39.5 Å². The largest absolute Gasteiger partial charge is 0.493 e. The Kier molecular flexibility index (Phi) is 4.97. The Morgan fingerprint density at radius 3 is 2.27 bits per heavy atom. The normalized spacial score (nSPS) is 11.2. The molecule has 0 saturated carbocycles. The maximum Gasteiger partial charge on any atom is 0.287 e. The molecule has 0 unspecified atom stereocenters. The van der Waals surface area contributed by atoms with E-state index in [9.17, 15) is 10.1 Å². The van der Waals surface area contributed by atoms with Gasteiger partial charge in [0.2, 0.25) is 5.75 Å². The van der Waals surface area contributed by atoms with Crippen LogP contribution in [-0.2, 0) is 6.54 Å². The second-order valence-electron chi connectivity index (χ2n) is 7.64. The SMILES string of the molecule is COc1cc(C[n+]2c3ccccc3n3c4ccc([N+](=O)[O-])cc4ccc32)cc(OC)c1OC. The molecule has 0 aliphatic rings. The standard InChI is InChI=1S/C25H22N3O5/c1-31-22-12-16(13-23(32-2)25(22)33-3)15-26-20-6-4-5-7-21(20)27-19-10-9-18(28(29)30)14-17(19)8-11-24(26)27/h4-14H,15H2,1-3H3/q+1. The van der Waals surface area contributed by atoms with Gasteiger partial charge in [-0.3, -0.25) is 10.1 Å². The number of hydrogen-bond acceptors (Lipinski definition) is 5. The number of nitrogens with zero attached hydrogens (tertiary/aromatic N) is 3. The number of fused-ring (bicyclic) bond motifs is 5. The fraction of sp³-hybridized carbons (Fsp3) is 0.160. The second-order valence-corrected chi connectivity index (χ2v) is 7.64. The van der Waals surface area contributed by atoms with Crippen LogP contribution in [0.25, 0.3) is 27.6 Å². The van der Waals surface area contributed by atoms with Crippen LogP contribution in [0.5, 0.6) is 17.2 Å². The number of aromatic nitrogens is 2. The van der Waals surface area contributed by atoms with Crippen LogP contribution in [-0.4, -0.2) is 30.7 Å². The molecule has 166 valence electrons. The summed E-state index contributed by atoms with van der Waals surface area (Å²) in [5.41, 5.74) is 4.97. The Labute approximate surface area is 189 Å². The highest BCUT2D eigenvalue weighted by atomic mass is 16.6. The van der Waals surface area contributed by atoms with E-state index in [1.807, 2.05) is 36.4 Å². The highest BCUT2D eigenvalue weighted by Gasteiger charge is 2.23. The predicted octanol–water partition coefficient (Wildman–Crippen LogP) is 4.52. The summed E-state index contributed by atoms with van der Waals surface area (Å²) in [6, 6.07) is 20.8. The van der Waals surface area contributed by atoms with Gasteiger partial charge in [-0.05, 0) is 36.4 Å². The molecule has 0 aliphatic carbocycles. The van der Waals surface area contributed by atoms with Crippen molar-refractivity contribution in [3.8, 4) is 17.2 Å². The van der Waals surface area contributed by atoms with E-state index in [1.165, 1.54) is 0 Å². The second kappa shape index (κ2) is 7.98. The lowest BCUT2D eigenvalue weighted by Crippen LogP contribution is -2.34. The lowest BCUT2D eigenvalue weighted by molar-refractivity contribution is -0.636. The molecule has 0 aliphatic heterocycles. The number of hydrogen-bond donors (Lipinski definition) is 0. The van der Waals surface area contributed by atoms with E-state index >= 15 is 0 Å². The molecule has 8 nitrogen and oxygen atoms in total. The van der Waals surface area contributed by atoms with Crippen LogP contribution in [0.1, 0.15) is 5.56 Å². The first-order valence-electron chi connectivity index (χ1n) is 10.3. The monoisotopic (exact) mass is 444 g/mol. The lowest BCUT2D eigenvalue weighted by Gasteiger charge is -2.13. The minimum absolute atomic E-state index is 0.0728. The number of imidazole rings is 1. The Balaban J connectivity index is 1.75. The molecule has 5 rings (SSSR count). The molecule has 0 N–H and O–H groups in total. The van der Waals surface area contributed by atoms with Gasteiger partial charge in [-0.2, -0.15) is 4.40 Å². The number of para-hydroxylation sites is 2. The van der Waals surface area contributed by atoms with Crippen LogP contribution in [0.2, 0.25) is 0 Å². The van der Waals surface area contributed by atoms with Crippen molar-refractivity contribution in [2.24, 2.45) is 0 Å². The van der Waals surface area contributed by atoms with Crippen LogP contribution >= 0.6 is 0 Å². The van der Waals surface area contributed by atoms with Gasteiger partial charge in [0.25, 0.3) is 11.3 Å². The van der Waals surface area contributed by atoms with E-state index in [0.717, 1.165) is 33.1 Å². The molecule has 2 aromatic heterocycles. The number of ether oxygens (including phenoxy) is 3. The Morgan fingerprint density at radius 1 is 0.879 bits per heavy atom. The highest BCUT2D eigenvalue weighted by molar-refractivity contribution is 5.89. The number of methoxy groups -OCH3 is 3. The first-order valence-corrected chi connectivity index (χ1v) is 10.3. The molecule has 0 amide bonds. The Bertz CT molecular complexity index is 1520. The average molecular weight is 444 g/mol. The molecule has 5 aromatic rings. The van der Waals surface area contributed by atoms with Crippen molar-refractivity contribution in [2.75, 3.05) is 21.3 Å². The quantitative estimate of drug-likeness (QED) is 0.219. The summed E-state index contributed by atoms with van der Waals surface area (Å²) in [5.74, 6) is 1.74. The predicted molar refractivity (Wildman–Crippen MR) is 124 cm³/mol. The first-order chi connectivity index (χ1) is 16.0. The van der Waals surface area contributed by atoms with Gasteiger partial charge in [-0.1, -0.05) is 12.1 Å². The van der Waals surface area contributed by atoms with Gasteiger partial charge in [-0.15, -0.1) is 0 Å². The molecule has 33 heavy (non-hydrogen) atoms. The average Bonchev–Trinajstić information content (AvgIpc) is 3.16. The zero-order chi connectivity index (χ0) is 23.1. The fourth-order valence-corrected chi connectivity index (χ4v) is 4.40. The van der Waals surface area contributed by atoms with E-state index < -0.39 is 0 Å². The third-order valence-electron chi connectivity index (χ3n) is 5.86. The molecule has 8 heteroatoms. The maximum atomic E-state index is 11.2. The molecule has 3 aromatic carbocycles. The number of non-ortho nitro benzene ring substituents is 1. The van der Waals surface area contributed by atoms with Gasteiger partial charge in [0.1, 0.15) is 12.1 Å². The smallest absolute Gasteiger partial charge is 0.287 e. The van der Waals surface area contributed by atoms with Crippen molar-refractivity contribution in [3.05, 3.63) is 82.4 Å². The van der Waals surface area contributed by atoms with Crippen LogP contribution in [0.3, 0.4) is 0 Å². The van der Waals surface area contributed by atoms with Gasteiger partial charge in [0.15, 0.2) is 22.5 Å². The van der Waals surface area contributed by atoms with E-state index in [0.29, 0.717) is 23.8 Å². The van der Waals surface area contributed by atoms with Gasteiger partial charge < -0.3 is 14.2 Å². The van der Waals surface area contributed by atoms with Gasteiger partial charge in [0, 0.05) is 29.1 Å². The van der Waals surface area contributed by atoms with Crippen molar-refractivity contribution in [1.82, 2.24) is 4.40 Å². The van der Waals surface area contributed by atoms with Crippen molar-refractivity contribution in [1.29, 1.82) is 0 Å². The molecule has 0 atom stereocenters. The first kappa shape index (κ1) is 20.6. The van der Waals surface area contributed by atoms with E-state index in [2.05, 4.69) is 21.1 Å². The van der Waals surface area contributed by atoms with E-state index in [4.69, 9.17) is 14.2 Å². The molecule has 0 radical (unpaired) electrons. The highest BCUT2D eigenvalue weighted by Crippen LogP contribution is 2.38. The number of rotatable bonds is 6. The summed E-state index contributed by atoms with van der Waals surface area (Å²) < 4.78 is 20.8. The number of pyridine rings is 1. The maximum absolute atomic E-state index is 11.2. The third-order valence-corrected chi connectivity index (χ3v) is 5.86. The van der Waals surface area contributed by atoms with Crippen molar-refractivity contribution in [3.63, 3.8) is 0 Å². The zero-order valence-electron chi connectivity index (χ0n) is 18.4. The van der Waals surface area contributed by atoms with Crippen molar-refractivity contribution >= 4 is 33.3 Å². The number of benzene rings is 3. The van der Waals surface area contributed by atoms with Crippen molar-refractivity contribution < 1.29 is 23.7 Å². The summed E-state index contributed by atoms with van der Waals surface area (Å²) in [4.78, 5) is 10.9. The summed E-state index contributed by atoms with van der Waals surface area (Å²) in [6.45, 7) is 0.562. The third kappa shape index (κ3) is 3.27. The van der Waals surface area contributed by atoms with Gasteiger partial charge in [-0.25, -0.2) is 4.57 Å². The summed E-state index contributed by atoms with van der Waals surface area (Å²) in [6.07, 6.45) is 0.